The first kappa shape index (κ1) is 16.0. The molecule has 0 aromatic carbocycles. The molecule has 1 saturated carbocycles. The molecule has 1 aliphatic carbocycles. The van der Waals surface area contributed by atoms with Crippen molar-refractivity contribution in [3.05, 3.63) is 0 Å². The van der Waals surface area contributed by atoms with Crippen LogP contribution in [0, 0.1) is 11.3 Å². The Morgan fingerprint density at radius 1 is 1.11 bits per heavy atom. The lowest BCUT2D eigenvalue weighted by Gasteiger charge is -2.41. The van der Waals surface area contributed by atoms with Gasteiger partial charge < -0.3 is 5.32 Å². The first-order chi connectivity index (χ1) is 8.41. The number of unbranched alkanes of at least 4 members (excludes halogenated alkanes) is 1. The molecule has 0 aliphatic heterocycles. The van der Waals surface area contributed by atoms with E-state index >= 15 is 0 Å². The third kappa shape index (κ3) is 5.30. The predicted octanol–water partition coefficient (Wildman–Crippen LogP) is 5.15. The zero-order valence-electron chi connectivity index (χ0n) is 13.4. The van der Waals surface area contributed by atoms with Gasteiger partial charge in [-0.2, -0.15) is 0 Å². The summed E-state index contributed by atoms with van der Waals surface area (Å²) in [6.45, 7) is 12.8. The van der Waals surface area contributed by atoms with Gasteiger partial charge in [0.2, 0.25) is 0 Å². The van der Waals surface area contributed by atoms with E-state index < -0.39 is 0 Å². The quantitative estimate of drug-likeness (QED) is 0.690. The average molecular weight is 253 g/mol. The number of hydrogen-bond donors (Lipinski definition) is 1. The van der Waals surface area contributed by atoms with E-state index in [4.69, 9.17) is 0 Å². The molecule has 0 spiro atoms. The Hall–Kier alpha value is -0.0400. The molecule has 0 unspecified atom stereocenters. The molecule has 1 aliphatic rings. The van der Waals surface area contributed by atoms with E-state index in [1.165, 1.54) is 57.9 Å². The molecule has 1 heteroatoms. The zero-order chi connectivity index (χ0) is 13.6. The third-order valence-corrected chi connectivity index (χ3v) is 4.88. The van der Waals surface area contributed by atoms with Gasteiger partial charge in [0.15, 0.2) is 0 Å². The van der Waals surface area contributed by atoms with Crippen LogP contribution in [-0.2, 0) is 0 Å². The van der Waals surface area contributed by atoms with E-state index in [1.54, 1.807) is 0 Å². The van der Waals surface area contributed by atoms with Crippen molar-refractivity contribution in [2.45, 2.75) is 91.5 Å². The fraction of sp³-hybridized carbons (Fsp3) is 1.00. The fourth-order valence-electron chi connectivity index (χ4n) is 3.18. The molecule has 0 atom stereocenters. The lowest BCUT2D eigenvalue weighted by Crippen LogP contribution is -2.45. The predicted molar refractivity (Wildman–Crippen MR) is 82.0 cm³/mol. The Labute approximate surface area is 115 Å². The number of nitrogens with one attached hydrogen (secondary N) is 1. The number of rotatable bonds is 6. The maximum absolute atomic E-state index is 3.74. The van der Waals surface area contributed by atoms with E-state index in [0.29, 0.717) is 5.41 Å². The highest BCUT2D eigenvalue weighted by molar-refractivity contribution is 4.88. The van der Waals surface area contributed by atoms with Crippen molar-refractivity contribution in [3.8, 4) is 0 Å². The molecular weight excluding hydrogens is 218 g/mol. The van der Waals surface area contributed by atoms with E-state index in [2.05, 4.69) is 39.9 Å². The second-order valence-corrected chi connectivity index (χ2v) is 7.54. The van der Waals surface area contributed by atoms with Crippen molar-refractivity contribution in [2.75, 3.05) is 6.54 Å². The molecule has 1 fully saturated rings. The standard InChI is InChI=1S/C17H35N/c1-6-8-9-15-10-12-17(7-2,13-11-15)14-18-16(3,4)5/h15,18H,6-14H2,1-5H3. The topological polar surface area (TPSA) is 12.0 Å². The highest BCUT2D eigenvalue weighted by Crippen LogP contribution is 2.42. The van der Waals surface area contributed by atoms with Crippen LogP contribution in [0.2, 0.25) is 0 Å². The summed E-state index contributed by atoms with van der Waals surface area (Å²) in [5, 5.41) is 3.74. The molecule has 1 N–H and O–H groups in total. The van der Waals surface area contributed by atoms with Crippen LogP contribution in [0.5, 0.6) is 0 Å². The van der Waals surface area contributed by atoms with Crippen molar-refractivity contribution in [1.82, 2.24) is 5.32 Å². The van der Waals surface area contributed by atoms with Gasteiger partial charge in [-0.3, -0.25) is 0 Å². The molecule has 108 valence electrons. The summed E-state index contributed by atoms with van der Waals surface area (Å²) < 4.78 is 0. The molecule has 0 amide bonds. The second-order valence-electron chi connectivity index (χ2n) is 7.54. The summed E-state index contributed by atoms with van der Waals surface area (Å²) in [5.41, 5.74) is 0.858. The molecule has 1 rings (SSSR count). The normalized spacial score (nSPS) is 29.5. The van der Waals surface area contributed by atoms with Gasteiger partial charge in [-0.25, -0.2) is 0 Å². The van der Waals surface area contributed by atoms with Gasteiger partial charge in [-0.05, 0) is 64.2 Å². The third-order valence-electron chi connectivity index (χ3n) is 4.88. The molecule has 0 heterocycles. The van der Waals surface area contributed by atoms with Crippen molar-refractivity contribution < 1.29 is 0 Å². The first-order valence-electron chi connectivity index (χ1n) is 8.16. The van der Waals surface area contributed by atoms with Crippen LogP contribution in [0.1, 0.15) is 86.0 Å². The van der Waals surface area contributed by atoms with Crippen LogP contribution in [0.3, 0.4) is 0 Å². The summed E-state index contributed by atoms with van der Waals surface area (Å²) in [6, 6.07) is 0. The Balaban J connectivity index is 2.39. The van der Waals surface area contributed by atoms with Crippen LogP contribution in [0.25, 0.3) is 0 Å². The van der Waals surface area contributed by atoms with Gasteiger partial charge in [0, 0.05) is 12.1 Å². The first-order valence-corrected chi connectivity index (χ1v) is 8.16. The minimum Gasteiger partial charge on any atom is -0.312 e. The minimum absolute atomic E-state index is 0.265. The van der Waals surface area contributed by atoms with Gasteiger partial charge in [0.05, 0.1) is 0 Å². The lowest BCUT2D eigenvalue weighted by molar-refractivity contribution is 0.124. The van der Waals surface area contributed by atoms with Crippen molar-refractivity contribution in [2.24, 2.45) is 11.3 Å². The van der Waals surface area contributed by atoms with Gasteiger partial charge >= 0.3 is 0 Å². The monoisotopic (exact) mass is 253 g/mol. The highest BCUT2D eigenvalue weighted by Gasteiger charge is 2.34. The van der Waals surface area contributed by atoms with Crippen LogP contribution in [0.4, 0.5) is 0 Å². The smallest absolute Gasteiger partial charge is 0.00967 e. The summed E-state index contributed by atoms with van der Waals surface area (Å²) in [4.78, 5) is 0. The summed E-state index contributed by atoms with van der Waals surface area (Å²) in [7, 11) is 0. The van der Waals surface area contributed by atoms with Gasteiger partial charge in [-0.1, -0.05) is 33.1 Å². The van der Waals surface area contributed by atoms with Crippen LogP contribution >= 0.6 is 0 Å². The maximum Gasteiger partial charge on any atom is 0.00967 e. The van der Waals surface area contributed by atoms with Gasteiger partial charge in [0.1, 0.15) is 0 Å². The Kier molecular flexibility index (Phi) is 6.17. The molecule has 0 saturated heterocycles. The molecule has 0 aromatic rings. The van der Waals surface area contributed by atoms with Crippen molar-refractivity contribution in [1.29, 1.82) is 0 Å². The zero-order valence-corrected chi connectivity index (χ0v) is 13.4. The van der Waals surface area contributed by atoms with E-state index in [9.17, 15) is 0 Å². The minimum atomic E-state index is 0.265. The molecule has 1 nitrogen and oxygen atoms in total. The van der Waals surface area contributed by atoms with Crippen LogP contribution < -0.4 is 5.32 Å². The van der Waals surface area contributed by atoms with Gasteiger partial charge in [-0.15, -0.1) is 0 Å². The van der Waals surface area contributed by atoms with Crippen molar-refractivity contribution in [3.63, 3.8) is 0 Å². The fourth-order valence-corrected chi connectivity index (χ4v) is 3.18. The summed E-state index contributed by atoms with van der Waals surface area (Å²) in [5.74, 6) is 1.03. The van der Waals surface area contributed by atoms with Crippen molar-refractivity contribution >= 4 is 0 Å². The Bertz CT molecular complexity index is 218. The molecule has 0 aromatic heterocycles. The Morgan fingerprint density at radius 2 is 1.72 bits per heavy atom. The number of hydrogen-bond acceptors (Lipinski definition) is 1. The Morgan fingerprint density at radius 3 is 2.17 bits per heavy atom. The van der Waals surface area contributed by atoms with Crippen LogP contribution in [-0.4, -0.2) is 12.1 Å². The lowest BCUT2D eigenvalue weighted by atomic mass is 9.68. The maximum atomic E-state index is 3.74. The van der Waals surface area contributed by atoms with Crippen LogP contribution in [0.15, 0.2) is 0 Å². The van der Waals surface area contributed by atoms with E-state index in [-0.39, 0.29) is 5.54 Å². The summed E-state index contributed by atoms with van der Waals surface area (Å²) >= 11 is 0. The highest BCUT2D eigenvalue weighted by atomic mass is 15.0. The molecule has 0 radical (unpaired) electrons. The second kappa shape index (κ2) is 6.93. The average Bonchev–Trinajstić information content (AvgIpc) is 2.34. The largest absolute Gasteiger partial charge is 0.312 e. The van der Waals surface area contributed by atoms with E-state index in [0.717, 1.165) is 5.92 Å². The summed E-state index contributed by atoms with van der Waals surface area (Å²) in [6.07, 6.45) is 11.5. The molecule has 0 bridgehead atoms. The van der Waals surface area contributed by atoms with E-state index in [1.807, 2.05) is 0 Å². The SMILES string of the molecule is CCCCC1CCC(CC)(CNC(C)(C)C)CC1. The van der Waals surface area contributed by atoms with Gasteiger partial charge in [0.25, 0.3) is 0 Å². The molecular formula is C17H35N. The molecule has 18 heavy (non-hydrogen) atoms.